The molecule has 1 aliphatic rings. The molecule has 2 nitrogen and oxygen atoms in total. The Labute approximate surface area is 96.5 Å². The van der Waals surface area contributed by atoms with Gasteiger partial charge >= 0.3 is 0 Å². The number of halogens is 1. The maximum Gasteiger partial charge on any atom is 0.123 e. The lowest BCUT2D eigenvalue weighted by molar-refractivity contribution is 0.398. The predicted octanol–water partition coefficient (Wildman–Crippen LogP) is 1.66. The molecule has 0 bridgehead atoms. The zero-order valence-electron chi connectivity index (χ0n) is 9.75. The smallest absolute Gasteiger partial charge is 0.123 e. The van der Waals surface area contributed by atoms with Crippen LogP contribution in [0.4, 0.5) is 4.39 Å². The van der Waals surface area contributed by atoms with Crippen LogP contribution >= 0.6 is 0 Å². The molecule has 0 spiro atoms. The molecular weight excluding hydrogens is 203 g/mol. The predicted molar refractivity (Wildman–Crippen MR) is 64.0 cm³/mol. The van der Waals surface area contributed by atoms with E-state index >= 15 is 0 Å². The Morgan fingerprint density at radius 1 is 1.50 bits per heavy atom. The first kappa shape index (κ1) is 11.6. The Morgan fingerprint density at radius 3 is 3.06 bits per heavy atom. The van der Waals surface area contributed by atoms with Gasteiger partial charge in [-0.25, -0.2) is 4.39 Å². The molecule has 1 fully saturated rings. The van der Waals surface area contributed by atoms with E-state index in [1.807, 2.05) is 6.07 Å². The second kappa shape index (κ2) is 5.41. The molecular formula is C13H19FN2. The standard InChI is InChI=1S/C13H19FN2/c1-16-8-6-13(10-16)15-7-5-11-3-2-4-12(14)9-11/h2-4,9,13,15H,5-8,10H2,1H3. The lowest BCUT2D eigenvalue weighted by Gasteiger charge is -2.12. The second-order valence-corrected chi connectivity index (χ2v) is 4.58. The van der Waals surface area contributed by atoms with Gasteiger partial charge in [-0.1, -0.05) is 12.1 Å². The average Bonchev–Trinajstić information content (AvgIpc) is 2.64. The minimum absolute atomic E-state index is 0.141. The van der Waals surface area contributed by atoms with E-state index in [1.54, 1.807) is 12.1 Å². The van der Waals surface area contributed by atoms with Crippen LogP contribution in [0, 0.1) is 5.82 Å². The van der Waals surface area contributed by atoms with Crippen molar-refractivity contribution in [2.75, 3.05) is 26.7 Å². The van der Waals surface area contributed by atoms with Crippen LogP contribution in [-0.2, 0) is 6.42 Å². The molecule has 1 N–H and O–H groups in total. The molecule has 0 radical (unpaired) electrons. The topological polar surface area (TPSA) is 15.3 Å². The van der Waals surface area contributed by atoms with Gasteiger partial charge in [0, 0.05) is 12.6 Å². The summed E-state index contributed by atoms with van der Waals surface area (Å²) in [5, 5.41) is 3.52. The Balaban J connectivity index is 1.72. The fourth-order valence-corrected chi connectivity index (χ4v) is 2.21. The van der Waals surface area contributed by atoms with Crippen molar-refractivity contribution in [3.05, 3.63) is 35.6 Å². The van der Waals surface area contributed by atoms with Crippen LogP contribution in [0.15, 0.2) is 24.3 Å². The number of rotatable bonds is 4. The first-order valence-corrected chi connectivity index (χ1v) is 5.90. The lowest BCUT2D eigenvalue weighted by Crippen LogP contribution is -2.32. The highest BCUT2D eigenvalue weighted by molar-refractivity contribution is 5.16. The summed E-state index contributed by atoms with van der Waals surface area (Å²) in [5.41, 5.74) is 1.07. The largest absolute Gasteiger partial charge is 0.312 e. The zero-order valence-corrected chi connectivity index (χ0v) is 9.75. The van der Waals surface area contributed by atoms with Gasteiger partial charge in [-0.05, 0) is 50.7 Å². The molecule has 1 heterocycles. The van der Waals surface area contributed by atoms with Crippen LogP contribution < -0.4 is 5.32 Å². The Morgan fingerprint density at radius 2 is 2.38 bits per heavy atom. The minimum Gasteiger partial charge on any atom is -0.312 e. The van der Waals surface area contributed by atoms with Gasteiger partial charge < -0.3 is 10.2 Å². The van der Waals surface area contributed by atoms with Crippen LogP contribution in [0.1, 0.15) is 12.0 Å². The molecule has 1 saturated heterocycles. The maximum atomic E-state index is 12.9. The third-order valence-electron chi connectivity index (χ3n) is 3.13. The average molecular weight is 222 g/mol. The SMILES string of the molecule is CN1CCC(NCCc2cccc(F)c2)C1. The highest BCUT2D eigenvalue weighted by Gasteiger charge is 2.17. The van der Waals surface area contributed by atoms with Gasteiger partial charge in [0.05, 0.1) is 0 Å². The van der Waals surface area contributed by atoms with E-state index in [1.165, 1.54) is 19.0 Å². The molecule has 0 amide bonds. The summed E-state index contributed by atoms with van der Waals surface area (Å²) in [6.07, 6.45) is 2.12. The van der Waals surface area contributed by atoms with Crippen LogP contribution in [0.5, 0.6) is 0 Å². The molecule has 1 aromatic rings. The van der Waals surface area contributed by atoms with Crippen molar-refractivity contribution in [3.8, 4) is 0 Å². The first-order chi connectivity index (χ1) is 7.74. The van der Waals surface area contributed by atoms with Crippen molar-refractivity contribution in [3.63, 3.8) is 0 Å². The van der Waals surface area contributed by atoms with Crippen molar-refractivity contribution < 1.29 is 4.39 Å². The number of hydrogen-bond donors (Lipinski definition) is 1. The van der Waals surface area contributed by atoms with E-state index in [9.17, 15) is 4.39 Å². The van der Waals surface area contributed by atoms with Crippen LogP contribution in [0.2, 0.25) is 0 Å². The van der Waals surface area contributed by atoms with Crippen LogP contribution in [0.3, 0.4) is 0 Å². The monoisotopic (exact) mass is 222 g/mol. The summed E-state index contributed by atoms with van der Waals surface area (Å²) < 4.78 is 12.9. The summed E-state index contributed by atoms with van der Waals surface area (Å²) >= 11 is 0. The Bertz CT molecular complexity index is 340. The summed E-state index contributed by atoms with van der Waals surface area (Å²) in [6, 6.07) is 7.46. The molecule has 0 aromatic heterocycles. The minimum atomic E-state index is -0.141. The second-order valence-electron chi connectivity index (χ2n) is 4.58. The van der Waals surface area contributed by atoms with E-state index in [0.29, 0.717) is 6.04 Å². The molecule has 1 aliphatic heterocycles. The van der Waals surface area contributed by atoms with Gasteiger partial charge in [-0.2, -0.15) is 0 Å². The summed E-state index contributed by atoms with van der Waals surface area (Å²) in [6.45, 7) is 3.24. The Hall–Kier alpha value is -0.930. The van der Waals surface area contributed by atoms with Crippen molar-refractivity contribution in [2.45, 2.75) is 18.9 Å². The van der Waals surface area contributed by atoms with Crippen LogP contribution in [0.25, 0.3) is 0 Å². The third-order valence-corrected chi connectivity index (χ3v) is 3.13. The van der Waals surface area contributed by atoms with Crippen LogP contribution in [-0.4, -0.2) is 37.6 Å². The highest BCUT2D eigenvalue weighted by atomic mass is 19.1. The summed E-state index contributed by atoms with van der Waals surface area (Å²) in [4.78, 5) is 2.33. The number of benzene rings is 1. The fourth-order valence-electron chi connectivity index (χ4n) is 2.21. The number of nitrogens with one attached hydrogen (secondary N) is 1. The van der Waals surface area contributed by atoms with Gasteiger partial charge in [0.1, 0.15) is 5.82 Å². The summed E-state index contributed by atoms with van der Waals surface area (Å²) in [7, 11) is 2.15. The number of likely N-dealkylation sites (tertiary alicyclic amines) is 1. The lowest BCUT2D eigenvalue weighted by atomic mass is 10.1. The Kier molecular flexibility index (Phi) is 3.91. The van der Waals surface area contributed by atoms with E-state index in [4.69, 9.17) is 0 Å². The quantitative estimate of drug-likeness (QED) is 0.833. The van der Waals surface area contributed by atoms with Crippen molar-refractivity contribution in [2.24, 2.45) is 0 Å². The van der Waals surface area contributed by atoms with E-state index in [2.05, 4.69) is 17.3 Å². The van der Waals surface area contributed by atoms with Crippen molar-refractivity contribution in [1.82, 2.24) is 10.2 Å². The van der Waals surface area contributed by atoms with Gasteiger partial charge in [-0.3, -0.25) is 0 Å². The number of likely N-dealkylation sites (N-methyl/N-ethyl adjacent to an activating group) is 1. The molecule has 88 valence electrons. The molecule has 1 atom stereocenters. The zero-order chi connectivity index (χ0) is 11.4. The molecule has 2 rings (SSSR count). The highest BCUT2D eigenvalue weighted by Crippen LogP contribution is 2.07. The maximum absolute atomic E-state index is 12.9. The fraction of sp³-hybridized carbons (Fsp3) is 0.538. The number of nitrogens with zero attached hydrogens (tertiary/aromatic N) is 1. The molecule has 16 heavy (non-hydrogen) atoms. The molecule has 3 heteroatoms. The van der Waals surface area contributed by atoms with E-state index < -0.39 is 0 Å². The van der Waals surface area contributed by atoms with Crippen molar-refractivity contribution in [1.29, 1.82) is 0 Å². The van der Waals surface area contributed by atoms with Gasteiger partial charge in [0.25, 0.3) is 0 Å². The summed E-state index contributed by atoms with van der Waals surface area (Å²) in [5.74, 6) is -0.141. The molecule has 0 saturated carbocycles. The number of hydrogen-bond acceptors (Lipinski definition) is 2. The molecule has 1 unspecified atom stereocenters. The van der Waals surface area contributed by atoms with Gasteiger partial charge in [-0.15, -0.1) is 0 Å². The normalized spacial score (nSPS) is 21.5. The molecule has 1 aromatic carbocycles. The third kappa shape index (κ3) is 3.29. The van der Waals surface area contributed by atoms with Crippen molar-refractivity contribution >= 4 is 0 Å². The molecule has 0 aliphatic carbocycles. The van der Waals surface area contributed by atoms with E-state index in [0.717, 1.165) is 25.1 Å². The first-order valence-electron chi connectivity index (χ1n) is 5.90. The van der Waals surface area contributed by atoms with Gasteiger partial charge in [0.2, 0.25) is 0 Å². The van der Waals surface area contributed by atoms with Gasteiger partial charge in [0.15, 0.2) is 0 Å². The van der Waals surface area contributed by atoms with E-state index in [-0.39, 0.29) is 5.82 Å².